The van der Waals surface area contributed by atoms with Crippen molar-refractivity contribution in [2.45, 2.75) is 17.7 Å². The molecular formula is C17H16ClNO4S. The Bertz CT molecular complexity index is 842. The molecule has 2 aromatic carbocycles. The Morgan fingerprint density at radius 1 is 1.12 bits per heavy atom. The van der Waals surface area contributed by atoms with Crippen molar-refractivity contribution in [1.82, 2.24) is 0 Å². The summed E-state index contributed by atoms with van der Waals surface area (Å²) in [5.74, 6) is 0.765. The highest BCUT2D eigenvalue weighted by Gasteiger charge is 2.19. The van der Waals surface area contributed by atoms with Crippen molar-refractivity contribution < 1.29 is 17.3 Å². The van der Waals surface area contributed by atoms with Crippen LogP contribution in [0.15, 0.2) is 47.4 Å². The Morgan fingerprint density at radius 3 is 2.42 bits per heavy atom. The van der Waals surface area contributed by atoms with Gasteiger partial charge in [0.1, 0.15) is 4.90 Å². The van der Waals surface area contributed by atoms with Gasteiger partial charge in [-0.05, 0) is 42.7 Å². The van der Waals surface area contributed by atoms with E-state index in [2.05, 4.69) is 0 Å². The van der Waals surface area contributed by atoms with Crippen molar-refractivity contribution in [3.63, 3.8) is 0 Å². The molecule has 0 aliphatic rings. The summed E-state index contributed by atoms with van der Waals surface area (Å²) in [7, 11) is -2.62. The third-order valence-corrected chi connectivity index (χ3v) is 4.82. The molecule has 0 aliphatic carbocycles. The number of rotatable bonds is 7. The second-order valence-electron chi connectivity index (χ2n) is 4.95. The maximum atomic E-state index is 12.4. The SMILES string of the molecule is COc1cc(C#N)ccc1OS(=O)(=O)c1ccc(CCCCl)cc1. The van der Waals surface area contributed by atoms with Crippen LogP contribution >= 0.6 is 11.6 Å². The van der Waals surface area contributed by atoms with Crippen LogP contribution in [0.5, 0.6) is 11.5 Å². The predicted molar refractivity (Wildman–Crippen MR) is 91.0 cm³/mol. The summed E-state index contributed by atoms with van der Waals surface area (Å²) in [5.41, 5.74) is 1.35. The standard InChI is InChI=1S/C17H16ClNO4S/c1-22-17-11-14(12-19)6-9-16(17)23-24(20,21)15-7-4-13(5-8-15)3-2-10-18/h4-9,11H,2-3,10H2,1H3. The largest absolute Gasteiger partial charge is 0.493 e. The normalized spacial score (nSPS) is 10.9. The van der Waals surface area contributed by atoms with Gasteiger partial charge in [-0.2, -0.15) is 13.7 Å². The van der Waals surface area contributed by atoms with Gasteiger partial charge in [0.15, 0.2) is 11.5 Å². The van der Waals surface area contributed by atoms with E-state index in [0.717, 1.165) is 18.4 Å². The average molecular weight is 366 g/mol. The van der Waals surface area contributed by atoms with Crippen LogP contribution in [0, 0.1) is 11.3 Å². The number of aryl methyl sites for hydroxylation is 1. The minimum Gasteiger partial charge on any atom is -0.493 e. The highest BCUT2D eigenvalue weighted by molar-refractivity contribution is 7.87. The first-order valence-corrected chi connectivity index (χ1v) is 9.12. The minimum atomic E-state index is -3.99. The molecule has 0 N–H and O–H groups in total. The Labute approximate surface area is 146 Å². The molecule has 126 valence electrons. The van der Waals surface area contributed by atoms with Gasteiger partial charge in [-0.15, -0.1) is 11.6 Å². The molecule has 0 radical (unpaired) electrons. The van der Waals surface area contributed by atoms with Gasteiger partial charge in [0.05, 0.1) is 18.7 Å². The molecule has 24 heavy (non-hydrogen) atoms. The number of hydrogen-bond acceptors (Lipinski definition) is 5. The van der Waals surface area contributed by atoms with Crippen LogP contribution in [0.25, 0.3) is 0 Å². The van der Waals surface area contributed by atoms with Crippen LogP contribution in [0.1, 0.15) is 17.5 Å². The third kappa shape index (κ3) is 4.40. The fraction of sp³-hybridized carbons (Fsp3) is 0.235. The van der Waals surface area contributed by atoms with Gasteiger partial charge in [-0.1, -0.05) is 12.1 Å². The van der Waals surface area contributed by atoms with E-state index in [-0.39, 0.29) is 16.4 Å². The molecule has 0 unspecified atom stereocenters. The summed E-state index contributed by atoms with van der Waals surface area (Å²) in [6.07, 6.45) is 1.61. The topological polar surface area (TPSA) is 76.4 Å². The molecule has 0 saturated heterocycles. The molecule has 7 heteroatoms. The summed E-state index contributed by atoms with van der Waals surface area (Å²) in [4.78, 5) is 0.0449. The molecule has 0 bridgehead atoms. The second kappa shape index (κ2) is 8.04. The van der Waals surface area contributed by atoms with E-state index in [9.17, 15) is 8.42 Å². The molecular weight excluding hydrogens is 350 g/mol. The quantitative estimate of drug-likeness (QED) is 0.554. The van der Waals surface area contributed by atoms with Crippen molar-refractivity contribution in [2.75, 3.05) is 13.0 Å². The van der Waals surface area contributed by atoms with Gasteiger partial charge in [0, 0.05) is 11.9 Å². The van der Waals surface area contributed by atoms with Crippen molar-refractivity contribution in [3.05, 3.63) is 53.6 Å². The Hall–Kier alpha value is -2.23. The first kappa shape index (κ1) is 18.1. The summed E-state index contributed by atoms with van der Waals surface area (Å²) in [6, 6.07) is 12.7. The number of benzene rings is 2. The van der Waals surface area contributed by atoms with Gasteiger partial charge in [-0.25, -0.2) is 0 Å². The zero-order valence-electron chi connectivity index (χ0n) is 13.0. The number of halogens is 1. The lowest BCUT2D eigenvalue weighted by Gasteiger charge is -2.11. The van der Waals surface area contributed by atoms with E-state index >= 15 is 0 Å². The predicted octanol–water partition coefficient (Wildman–Crippen LogP) is 3.51. The smallest absolute Gasteiger partial charge is 0.339 e. The van der Waals surface area contributed by atoms with Crippen LogP contribution in [-0.4, -0.2) is 21.4 Å². The highest BCUT2D eigenvalue weighted by atomic mass is 35.5. The number of nitriles is 1. The Morgan fingerprint density at radius 2 is 1.83 bits per heavy atom. The fourth-order valence-electron chi connectivity index (χ4n) is 2.07. The highest BCUT2D eigenvalue weighted by Crippen LogP contribution is 2.30. The van der Waals surface area contributed by atoms with Crippen molar-refractivity contribution in [2.24, 2.45) is 0 Å². The van der Waals surface area contributed by atoms with E-state index in [1.807, 2.05) is 6.07 Å². The molecule has 0 saturated carbocycles. The molecule has 0 aromatic heterocycles. The van der Waals surface area contributed by atoms with E-state index in [1.165, 1.54) is 37.4 Å². The van der Waals surface area contributed by atoms with Crippen LogP contribution in [0.4, 0.5) is 0 Å². The molecule has 0 spiro atoms. The monoisotopic (exact) mass is 365 g/mol. The van der Waals surface area contributed by atoms with Gasteiger partial charge < -0.3 is 8.92 Å². The molecule has 0 aliphatic heterocycles. The Kier molecular flexibility index (Phi) is 6.07. The van der Waals surface area contributed by atoms with Gasteiger partial charge >= 0.3 is 10.1 Å². The Balaban J connectivity index is 2.24. The molecule has 0 amide bonds. The molecule has 0 heterocycles. The fourth-order valence-corrected chi connectivity index (χ4v) is 3.14. The van der Waals surface area contributed by atoms with E-state index in [0.29, 0.717) is 11.4 Å². The van der Waals surface area contributed by atoms with Gasteiger partial charge in [-0.3, -0.25) is 0 Å². The third-order valence-electron chi connectivity index (χ3n) is 3.30. The minimum absolute atomic E-state index is 0.0303. The maximum absolute atomic E-state index is 12.4. The van der Waals surface area contributed by atoms with Crippen LogP contribution in [0.3, 0.4) is 0 Å². The molecule has 2 rings (SSSR count). The van der Waals surface area contributed by atoms with Gasteiger partial charge in [0.25, 0.3) is 0 Å². The number of alkyl halides is 1. The number of methoxy groups -OCH3 is 1. The number of hydrogen-bond donors (Lipinski definition) is 0. The lowest BCUT2D eigenvalue weighted by atomic mass is 10.1. The van der Waals surface area contributed by atoms with Crippen molar-refractivity contribution in [1.29, 1.82) is 5.26 Å². The van der Waals surface area contributed by atoms with Crippen molar-refractivity contribution >= 4 is 21.7 Å². The summed E-state index contributed by atoms with van der Waals surface area (Å²) < 4.78 is 35.0. The lowest BCUT2D eigenvalue weighted by Crippen LogP contribution is -2.10. The van der Waals surface area contributed by atoms with Crippen LogP contribution in [-0.2, 0) is 16.5 Å². The first-order chi connectivity index (χ1) is 11.5. The maximum Gasteiger partial charge on any atom is 0.339 e. The summed E-state index contributed by atoms with van der Waals surface area (Å²) in [5, 5.41) is 8.87. The zero-order chi connectivity index (χ0) is 17.6. The van der Waals surface area contributed by atoms with Gasteiger partial charge in [0.2, 0.25) is 0 Å². The lowest BCUT2D eigenvalue weighted by molar-refractivity contribution is 0.390. The average Bonchev–Trinajstić information content (AvgIpc) is 2.60. The molecule has 0 atom stereocenters. The number of nitrogens with zero attached hydrogens (tertiary/aromatic N) is 1. The summed E-state index contributed by atoms with van der Waals surface area (Å²) in [6.45, 7) is 0. The van der Waals surface area contributed by atoms with E-state index in [4.69, 9.17) is 25.8 Å². The zero-order valence-corrected chi connectivity index (χ0v) is 14.6. The summed E-state index contributed by atoms with van der Waals surface area (Å²) >= 11 is 5.65. The van der Waals surface area contributed by atoms with Crippen molar-refractivity contribution in [3.8, 4) is 17.6 Å². The molecule has 0 fully saturated rings. The van der Waals surface area contributed by atoms with E-state index < -0.39 is 10.1 Å². The molecule has 5 nitrogen and oxygen atoms in total. The van der Waals surface area contributed by atoms with Crippen LogP contribution < -0.4 is 8.92 Å². The van der Waals surface area contributed by atoms with E-state index in [1.54, 1.807) is 12.1 Å². The second-order valence-corrected chi connectivity index (χ2v) is 6.88. The van der Waals surface area contributed by atoms with Crippen LogP contribution in [0.2, 0.25) is 0 Å². The first-order valence-electron chi connectivity index (χ1n) is 7.17. The molecule has 2 aromatic rings. The number of ether oxygens (including phenoxy) is 1.